The number of hydrogen-bond donors (Lipinski definition) is 1. The summed E-state index contributed by atoms with van der Waals surface area (Å²) in [5, 5.41) is 3.78. The zero-order valence-corrected chi connectivity index (χ0v) is 13.6. The number of benzene rings is 2. The Bertz CT molecular complexity index is 714. The van der Waals surface area contributed by atoms with Crippen molar-refractivity contribution in [2.75, 3.05) is 6.26 Å². The second kappa shape index (κ2) is 6.60. The highest BCUT2D eigenvalue weighted by molar-refractivity contribution is 7.90. The number of halogens is 1. The second-order valence-corrected chi connectivity index (χ2v) is 7.39. The van der Waals surface area contributed by atoms with Gasteiger partial charge in [-0.3, -0.25) is 0 Å². The smallest absolute Gasteiger partial charge is 0.175 e. The molecule has 0 aliphatic heterocycles. The van der Waals surface area contributed by atoms with Crippen LogP contribution < -0.4 is 5.32 Å². The molecule has 0 aliphatic carbocycles. The summed E-state index contributed by atoms with van der Waals surface area (Å²) < 4.78 is 23.7. The highest BCUT2D eigenvalue weighted by Gasteiger charge is 2.16. The zero-order chi connectivity index (χ0) is 15.5. The molecule has 2 aromatic carbocycles. The van der Waals surface area contributed by atoms with Crippen molar-refractivity contribution in [3.63, 3.8) is 0 Å². The molecule has 0 heterocycles. The molecule has 5 heteroatoms. The summed E-state index contributed by atoms with van der Waals surface area (Å²) in [6.07, 6.45) is 1.20. The van der Waals surface area contributed by atoms with Crippen LogP contribution in [0.5, 0.6) is 0 Å². The Kier molecular flexibility index (Phi) is 5.04. The molecule has 0 fully saturated rings. The van der Waals surface area contributed by atoms with Gasteiger partial charge in [-0.05, 0) is 24.6 Å². The monoisotopic (exact) mass is 323 g/mol. The van der Waals surface area contributed by atoms with Gasteiger partial charge >= 0.3 is 0 Å². The SMILES string of the molecule is C[C@@H](NCc1c(Cl)cccc1S(C)(=O)=O)c1ccccc1. The van der Waals surface area contributed by atoms with Gasteiger partial charge < -0.3 is 5.32 Å². The highest BCUT2D eigenvalue weighted by atomic mass is 35.5. The van der Waals surface area contributed by atoms with E-state index >= 15 is 0 Å². The Morgan fingerprint density at radius 3 is 2.38 bits per heavy atom. The minimum atomic E-state index is -3.29. The summed E-state index contributed by atoms with van der Waals surface area (Å²) in [4.78, 5) is 0.280. The van der Waals surface area contributed by atoms with Gasteiger partial charge in [0.05, 0.1) is 4.90 Å². The van der Waals surface area contributed by atoms with Crippen LogP contribution in [0.4, 0.5) is 0 Å². The number of nitrogens with one attached hydrogen (secondary N) is 1. The maximum Gasteiger partial charge on any atom is 0.175 e. The summed E-state index contributed by atoms with van der Waals surface area (Å²) in [5.74, 6) is 0. The van der Waals surface area contributed by atoms with Crippen molar-refractivity contribution in [3.8, 4) is 0 Å². The molecular weight excluding hydrogens is 306 g/mol. The van der Waals surface area contributed by atoms with Crippen molar-refractivity contribution in [1.29, 1.82) is 0 Å². The van der Waals surface area contributed by atoms with Crippen LogP contribution >= 0.6 is 11.6 Å². The minimum absolute atomic E-state index is 0.106. The molecule has 0 saturated heterocycles. The summed E-state index contributed by atoms with van der Waals surface area (Å²) >= 11 is 6.16. The van der Waals surface area contributed by atoms with Crippen molar-refractivity contribution < 1.29 is 8.42 Å². The average Bonchev–Trinajstić information content (AvgIpc) is 2.45. The van der Waals surface area contributed by atoms with E-state index in [9.17, 15) is 8.42 Å². The largest absolute Gasteiger partial charge is 0.306 e. The zero-order valence-electron chi connectivity index (χ0n) is 12.0. The van der Waals surface area contributed by atoms with E-state index < -0.39 is 9.84 Å². The van der Waals surface area contributed by atoms with E-state index in [0.29, 0.717) is 17.1 Å². The molecule has 0 spiro atoms. The van der Waals surface area contributed by atoms with Crippen molar-refractivity contribution in [3.05, 3.63) is 64.7 Å². The molecule has 1 N–H and O–H groups in total. The van der Waals surface area contributed by atoms with Gasteiger partial charge in [0.25, 0.3) is 0 Å². The van der Waals surface area contributed by atoms with E-state index in [1.54, 1.807) is 18.2 Å². The Morgan fingerprint density at radius 1 is 1.10 bits per heavy atom. The molecule has 21 heavy (non-hydrogen) atoms. The molecule has 0 aliphatic rings. The molecule has 3 nitrogen and oxygen atoms in total. The van der Waals surface area contributed by atoms with Gasteiger partial charge in [0, 0.05) is 29.4 Å². The summed E-state index contributed by atoms with van der Waals surface area (Å²) in [7, 11) is -3.29. The Balaban J connectivity index is 2.21. The lowest BCUT2D eigenvalue weighted by molar-refractivity contribution is 0.566. The fourth-order valence-corrected chi connectivity index (χ4v) is 3.43. The minimum Gasteiger partial charge on any atom is -0.306 e. The molecule has 0 saturated carbocycles. The molecular formula is C16H18ClNO2S. The van der Waals surface area contributed by atoms with Crippen LogP contribution in [-0.4, -0.2) is 14.7 Å². The Morgan fingerprint density at radius 2 is 1.76 bits per heavy atom. The van der Waals surface area contributed by atoms with E-state index in [2.05, 4.69) is 5.32 Å². The summed E-state index contributed by atoms with van der Waals surface area (Å²) in [5.41, 5.74) is 1.76. The fourth-order valence-electron chi connectivity index (χ4n) is 2.17. The Labute approximate surface area is 130 Å². The third-order valence-electron chi connectivity index (χ3n) is 3.36. The maximum absolute atomic E-state index is 11.8. The second-order valence-electron chi connectivity index (χ2n) is 5.00. The van der Waals surface area contributed by atoms with E-state index in [0.717, 1.165) is 5.56 Å². The van der Waals surface area contributed by atoms with Crippen LogP contribution in [0.3, 0.4) is 0 Å². The molecule has 0 bridgehead atoms. The van der Waals surface area contributed by atoms with Crippen LogP contribution in [0.2, 0.25) is 5.02 Å². The molecule has 112 valence electrons. The first-order valence-corrected chi connectivity index (χ1v) is 8.92. The van der Waals surface area contributed by atoms with Crippen LogP contribution in [0, 0.1) is 0 Å². The number of rotatable bonds is 5. The lowest BCUT2D eigenvalue weighted by Gasteiger charge is -2.16. The predicted octanol–water partition coefficient (Wildman–Crippen LogP) is 3.59. The fraction of sp³-hybridized carbons (Fsp3) is 0.250. The van der Waals surface area contributed by atoms with Crippen molar-refractivity contribution >= 4 is 21.4 Å². The third-order valence-corrected chi connectivity index (χ3v) is 4.90. The standard InChI is InChI=1S/C16H18ClNO2S/c1-12(13-7-4-3-5-8-13)18-11-14-15(17)9-6-10-16(14)21(2,19)20/h3-10,12,18H,11H2,1-2H3/t12-/m1/s1. The first-order valence-electron chi connectivity index (χ1n) is 6.65. The van der Waals surface area contributed by atoms with Crippen LogP contribution in [-0.2, 0) is 16.4 Å². The van der Waals surface area contributed by atoms with Gasteiger partial charge in [-0.15, -0.1) is 0 Å². The molecule has 0 aromatic heterocycles. The summed E-state index contributed by atoms with van der Waals surface area (Å²) in [6, 6.07) is 15.0. The molecule has 0 amide bonds. The van der Waals surface area contributed by atoms with Crippen molar-refractivity contribution in [2.24, 2.45) is 0 Å². The van der Waals surface area contributed by atoms with E-state index in [-0.39, 0.29) is 10.9 Å². The molecule has 0 radical (unpaired) electrons. The maximum atomic E-state index is 11.8. The molecule has 2 rings (SSSR count). The quantitative estimate of drug-likeness (QED) is 0.914. The van der Waals surface area contributed by atoms with Gasteiger partial charge in [0.2, 0.25) is 0 Å². The van der Waals surface area contributed by atoms with Gasteiger partial charge in [-0.25, -0.2) is 8.42 Å². The van der Waals surface area contributed by atoms with Crippen LogP contribution in [0.25, 0.3) is 0 Å². The molecule has 1 atom stereocenters. The lowest BCUT2D eigenvalue weighted by atomic mass is 10.1. The first kappa shape index (κ1) is 16.0. The van der Waals surface area contributed by atoms with E-state index in [1.807, 2.05) is 37.3 Å². The van der Waals surface area contributed by atoms with Crippen molar-refractivity contribution in [2.45, 2.75) is 24.4 Å². The van der Waals surface area contributed by atoms with Gasteiger partial charge in [0.15, 0.2) is 9.84 Å². The van der Waals surface area contributed by atoms with Gasteiger partial charge in [-0.1, -0.05) is 48.0 Å². The molecule has 2 aromatic rings. The topological polar surface area (TPSA) is 46.2 Å². The average molecular weight is 324 g/mol. The van der Waals surface area contributed by atoms with Crippen molar-refractivity contribution in [1.82, 2.24) is 5.32 Å². The number of hydrogen-bond acceptors (Lipinski definition) is 3. The normalized spacial score (nSPS) is 13.1. The first-order chi connectivity index (χ1) is 9.89. The summed E-state index contributed by atoms with van der Waals surface area (Å²) in [6.45, 7) is 2.43. The van der Waals surface area contributed by atoms with E-state index in [1.165, 1.54) is 6.26 Å². The van der Waals surface area contributed by atoms with Gasteiger partial charge in [0.1, 0.15) is 0 Å². The number of sulfone groups is 1. The third kappa shape index (κ3) is 4.06. The Hall–Kier alpha value is -1.36. The predicted molar refractivity (Wildman–Crippen MR) is 86.3 cm³/mol. The van der Waals surface area contributed by atoms with Crippen LogP contribution in [0.15, 0.2) is 53.4 Å². The molecule has 0 unspecified atom stereocenters. The van der Waals surface area contributed by atoms with Crippen LogP contribution in [0.1, 0.15) is 24.1 Å². The lowest BCUT2D eigenvalue weighted by Crippen LogP contribution is -2.19. The van der Waals surface area contributed by atoms with Gasteiger partial charge in [-0.2, -0.15) is 0 Å². The van der Waals surface area contributed by atoms with E-state index in [4.69, 9.17) is 11.6 Å². The highest BCUT2D eigenvalue weighted by Crippen LogP contribution is 2.24.